The number of carbonyl (C=O) groups is 2. The molecule has 1 aromatic carbocycles. The summed E-state index contributed by atoms with van der Waals surface area (Å²) in [5.74, 6) is 0.126. The Morgan fingerprint density at radius 3 is 2.68 bits per heavy atom. The average molecular weight is 383 g/mol. The number of hydrogen-bond acceptors (Lipinski definition) is 6. The smallest absolute Gasteiger partial charge is 0.253 e. The Labute approximate surface area is 164 Å². The van der Waals surface area contributed by atoms with E-state index in [-0.39, 0.29) is 23.7 Å². The number of aryl methyl sites for hydroxylation is 2. The fourth-order valence-corrected chi connectivity index (χ4v) is 3.39. The van der Waals surface area contributed by atoms with Gasteiger partial charge in [-0.1, -0.05) is 17.2 Å². The van der Waals surface area contributed by atoms with Crippen LogP contribution in [0.25, 0.3) is 0 Å². The minimum Gasteiger partial charge on any atom is -0.481 e. The van der Waals surface area contributed by atoms with Crippen LogP contribution in [0.5, 0.6) is 5.88 Å². The molecule has 0 radical (unpaired) electrons. The van der Waals surface area contributed by atoms with Crippen LogP contribution in [-0.4, -0.2) is 46.9 Å². The molecule has 2 heterocycles. The third-order valence-corrected chi connectivity index (χ3v) is 4.68. The Hall–Kier alpha value is -3.16. The monoisotopic (exact) mass is 383 g/mol. The maximum atomic E-state index is 12.9. The van der Waals surface area contributed by atoms with Gasteiger partial charge in [0.25, 0.3) is 5.91 Å². The summed E-state index contributed by atoms with van der Waals surface area (Å²) in [5, 5.41) is 0. The molecule has 2 N–H and O–H groups in total. The summed E-state index contributed by atoms with van der Waals surface area (Å²) in [6, 6.07) is 7.43. The summed E-state index contributed by atoms with van der Waals surface area (Å²) in [6.45, 7) is 4.99. The maximum absolute atomic E-state index is 12.9. The van der Waals surface area contributed by atoms with Crippen molar-refractivity contribution in [2.45, 2.75) is 26.7 Å². The molecule has 0 unspecified atom stereocenters. The number of rotatable bonds is 5. The predicted octanol–water partition coefficient (Wildman–Crippen LogP) is 2.10. The molecule has 1 atom stereocenters. The first-order valence-electron chi connectivity index (χ1n) is 9.26. The van der Waals surface area contributed by atoms with Crippen molar-refractivity contribution >= 4 is 17.8 Å². The number of amides is 2. The van der Waals surface area contributed by atoms with Crippen LogP contribution in [0.3, 0.4) is 0 Å². The number of aromatic nitrogens is 2. The van der Waals surface area contributed by atoms with Gasteiger partial charge in [-0.15, -0.1) is 0 Å². The van der Waals surface area contributed by atoms with E-state index in [0.29, 0.717) is 24.5 Å². The molecular formula is C20H25N5O3. The lowest BCUT2D eigenvalue weighted by Gasteiger charge is -2.32. The van der Waals surface area contributed by atoms with Gasteiger partial charge in [-0.2, -0.15) is 4.98 Å². The molecule has 0 spiro atoms. The topological polar surface area (TPSA) is 96.5 Å². The maximum Gasteiger partial charge on any atom is 0.253 e. The van der Waals surface area contributed by atoms with Crippen LogP contribution in [0.15, 0.2) is 30.5 Å². The van der Waals surface area contributed by atoms with E-state index >= 15 is 0 Å². The van der Waals surface area contributed by atoms with Crippen molar-refractivity contribution in [3.63, 3.8) is 0 Å². The van der Waals surface area contributed by atoms with Crippen molar-refractivity contribution in [2.24, 2.45) is 5.92 Å². The van der Waals surface area contributed by atoms with Crippen LogP contribution in [0, 0.1) is 19.8 Å². The van der Waals surface area contributed by atoms with Gasteiger partial charge >= 0.3 is 0 Å². The first-order chi connectivity index (χ1) is 13.5. The van der Waals surface area contributed by atoms with Gasteiger partial charge in [-0.25, -0.2) is 4.98 Å². The summed E-state index contributed by atoms with van der Waals surface area (Å²) in [7, 11) is 1.51. The Kier molecular flexibility index (Phi) is 6.08. The lowest BCUT2D eigenvalue weighted by molar-refractivity contribution is -0.125. The van der Waals surface area contributed by atoms with Gasteiger partial charge in [0.15, 0.2) is 0 Å². The van der Waals surface area contributed by atoms with Gasteiger partial charge in [0, 0.05) is 30.9 Å². The molecule has 1 aromatic heterocycles. The number of likely N-dealkylation sites (tertiary alicyclic amines) is 1. The number of hydrogen-bond donors (Lipinski definition) is 2. The van der Waals surface area contributed by atoms with Crippen molar-refractivity contribution in [3.8, 4) is 5.88 Å². The number of nitrogens with zero attached hydrogens (tertiary/aromatic N) is 3. The average Bonchev–Trinajstić information content (AvgIpc) is 2.71. The zero-order valence-electron chi connectivity index (χ0n) is 16.4. The lowest BCUT2D eigenvalue weighted by Crippen LogP contribution is -2.46. The molecule has 1 fully saturated rings. The molecule has 0 bridgehead atoms. The van der Waals surface area contributed by atoms with Gasteiger partial charge < -0.3 is 9.64 Å². The molecule has 1 saturated heterocycles. The van der Waals surface area contributed by atoms with Gasteiger partial charge in [-0.3, -0.25) is 20.4 Å². The second-order valence-electron chi connectivity index (χ2n) is 7.00. The highest BCUT2D eigenvalue weighted by atomic mass is 16.5. The fraction of sp³-hybridized carbons (Fsp3) is 0.400. The van der Waals surface area contributed by atoms with Gasteiger partial charge in [0.1, 0.15) is 0 Å². The Morgan fingerprint density at radius 1 is 1.21 bits per heavy atom. The second-order valence-corrected chi connectivity index (χ2v) is 7.00. The van der Waals surface area contributed by atoms with E-state index in [9.17, 15) is 9.59 Å². The number of carbonyl (C=O) groups excluding carboxylic acids is 2. The molecule has 3 rings (SSSR count). The van der Waals surface area contributed by atoms with Crippen molar-refractivity contribution in [1.29, 1.82) is 0 Å². The summed E-state index contributed by atoms with van der Waals surface area (Å²) < 4.78 is 5.03. The molecule has 0 aliphatic carbocycles. The number of ether oxygens (including phenoxy) is 1. The zero-order valence-corrected chi connectivity index (χ0v) is 16.4. The Bertz CT molecular complexity index is 850. The van der Waals surface area contributed by atoms with Crippen molar-refractivity contribution in [3.05, 3.63) is 47.2 Å². The van der Waals surface area contributed by atoms with E-state index in [1.165, 1.54) is 13.3 Å². The highest BCUT2D eigenvalue weighted by molar-refractivity contribution is 5.95. The third-order valence-electron chi connectivity index (χ3n) is 4.68. The largest absolute Gasteiger partial charge is 0.481 e. The van der Waals surface area contributed by atoms with E-state index in [1.54, 1.807) is 11.0 Å². The number of piperidine rings is 1. The molecule has 1 aliphatic heterocycles. The van der Waals surface area contributed by atoms with Crippen LogP contribution in [0.1, 0.15) is 34.3 Å². The fourth-order valence-electron chi connectivity index (χ4n) is 3.39. The summed E-state index contributed by atoms with van der Waals surface area (Å²) in [5.41, 5.74) is 8.11. The Morgan fingerprint density at radius 2 is 1.96 bits per heavy atom. The van der Waals surface area contributed by atoms with E-state index < -0.39 is 0 Å². The molecule has 0 saturated carbocycles. The standard InChI is InChI=1S/C20H25N5O3/c1-13-9-14(2)11-16(10-13)19(27)25-8-4-5-15(12-25)18(26)23-24-20-21-7-6-17(22-20)28-3/h6-7,9-11,15H,4-5,8,12H2,1-3H3,(H,23,26)(H,21,22,24)/t15-/m0/s1. The number of benzene rings is 1. The van der Waals surface area contributed by atoms with Crippen LogP contribution < -0.4 is 15.6 Å². The molecule has 28 heavy (non-hydrogen) atoms. The van der Waals surface area contributed by atoms with Crippen LogP contribution in [-0.2, 0) is 4.79 Å². The van der Waals surface area contributed by atoms with Crippen molar-refractivity contribution < 1.29 is 14.3 Å². The number of anilines is 1. The summed E-state index contributed by atoms with van der Waals surface area (Å²) >= 11 is 0. The summed E-state index contributed by atoms with van der Waals surface area (Å²) in [4.78, 5) is 35.3. The first kappa shape index (κ1) is 19.6. The van der Waals surface area contributed by atoms with Crippen LogP contribution in [0.4, 0.5) is 5.95 Å². The zero-order chi connectivity index (χ0) is 20.1. The highest BCUT2D eigenvalue weighted by Gasteiger charge is 2.29. The third kappa shape index (κ3) is 4.76. The number of methoxy groups -OCH3 is 1. The minimum absolute atomic E-state index is 0.0339. The SMILES string of the molecule is COc1ccnc(NNC(=O)[C@H]2CCCN(C(=O)c3cc(C)cc(C)c3)C2)n1. The highest BCUT2D eigenvalue weighted by Crippen LogP contribution is 2.20. The molecule has 148 valence electrons. The molecule has 2 amide bonds. The number of nitrogens with one attached hydrogen (secondary N) is 2. The first-order valence-corrected chi connectivity index (χ1v) is 9.26. The molecule has 8 nitrogen and oxygen atoms in total. The van der Waals surface area contributed by atoms with Crippen LogP contribution in [0.2, 0.25) is 0 Å². The number of hydrazine groups is 1. The van der Waals surface area contributed by atoms with E-state index in [2.05, 4.69) is 20.8 Å². The van der Waals surface area contributed by atoms with Crippen LogP contribution >= 0.6 is 0 Å². The van der Waals surface area contributed by atoms with E-state index in [1.807, 2.05) is 32.0 Å². The summed E-state index contributed by atoms with van der Waals surface area (Å²) in [6.07, 6.45) is 3.04. The molecular weight excluding hydrogens is 358 g/mol. The normalized spacial score (nSPS) is 16.4. The molecule has 8 heteroatoms. The lowest BCUT2D eigenvalue weighted by atomic mass is 9.96. The van der Waals surface area contributed by atoms with Gasteiger partial charge in [0.05, 0.1) is 13.0 Å². The van der Waals surface area contributed by atoms with Crippen molar-refractivity contribution in [1.82, 2.24) is 20.3 Å². The van der Waals surface area contributed by atoms with E-state index in [4.69, 9.17) is 4.74 Å². The van der Waals surface area contributed by atoms with Gasteiger partial charge in [-0.05, 0) is 38.8 Å². The Balaban J connectivity index is 1.60. The predicted molar refractivity (Wildman–Crippen MR) is 105 cm³/mol. The molecule has 2 aromatic rings. The second kappa shape index (κ2) is 8.69. The quantitative estimate of drug-likeness (QED) is 0.768. The van der Waals surface area contributed by atoms with Crippen molar-refractivity contribution in [2.75, 3.05) is 25.6 Å². The molecule has 1 aliphatic rings. The van der Waals surface area contributed by atoms with E-state index in [0.717, 1.165) is 24.0 Å². The van der Waals surface area contributed by atoms with Gasteiger partial charge in [0.2, 0.25) is 17.7 Å². The minimum atomic E-state index is -0.290.